The second-order valence-corrected chi connectivity index (χ2v) is 7.07. The lowest BCUT2D eigenvalue weighted by Gasteiger charge is -2.24. The monoisotopic (exact) mass is 257 g/mol. The maximum atomic E-state index is 13.0. The molecule has 0 saturated carbocycles. The molecule has 0 amide bonds. The van der Waals surface area contributed by atoms with Gasteiger partial charge in [-0.3, -0.25) is 0 Å². The van der Waals surface area contributed by atoms with Crippen molar-refractivity contribution in [2.75, 3.05) is 11.5 Å². The number of rotatable bonds is 3. The zero-order valence-corrected chi connectivity index (χ0v) is 10.6. The second-order valence-electron chi connectivity index (χ2n) is 4.89. The average Bonchev–Trinajstić information content (AvgIpc) is 2.51. The number of benzene rings is 1. The van der Waals surface area contributed by atoms with Gasteiger partial charge < -0.3 is 5.32 Å². The number of nitrogens with one attached hydrogen (secondary N) is 1. The fraction of sp³-hybridized carbons (Fsp3) is 0.500. The predicted molar refractivity (Wildman–Crippen MR) is 64.9 cm³/mol. The molecule has 2 rings (SSSR count). The first-order valence-corrected chi connectivity index (χ1v) is 7.41. The van der Waals surface area contributed by atoms with Crippen LogP contribution in [0.1, 0.15) is 18.9 Å². The zero-order chi connectivity index (χ0) is 12.5. The first-order chi connectivity index (χ1) is 7.89. The minimum atomic E-state index is -2.90. The number of halogens is 1. The van der Waals surface area contributed by atoms with Crippen molar-refractivity contribution in [2.24, 2.45) is 0 Å². The van der Waals surface area contributed by atoms with Crippen LogP contribution in [-0.4, -0.2) is 25.5 Å². The minimum Gasteiger partial charge on any atom is -0.306 e. The Hall–Kier alpha value is -0.940. The van der Waals surface area contributed by atoms with Gasteiger partial charge in [-0.05, 0) is 31.0 Å². The van der Waals surface area contributed by atoms with Crippen LogP contribution in [0, 0.1) is 5.82 Å². The fourth-order valence-electron chi connectivity index (χ4n) is 2.11. The van der Waals surface area contributed by atoms with E-state index < -0.39 is 9.84 Å². The highest BCUT2D eigenvalue weighted by Crippen LogP contribution is 2.23. The van der Waals surface area contributed by atoms with Gasteiger partial charge in [0, 0.05) is 12.1 Å². The Bertz CT molecular complexity index is 515. The summed E-state index contributed by atoms with van der Waals surface area (Å²) in [5.74, 6) is 0.128. The van der Waals surface area contributed by atoms with Crippen LogP contribution in [0.5, 0.6) is 0 Å². The molecule has 1 aliphatic heterocycles. The first kappa shape index (κ1) is 12.5. The van der Waals surface area contributed by atoms with Crippen LogP contribution in [0.3, 0.4) is 0 Å². The van der Waals surface area contributed by atoms with Gasteiger partial charge >= 0.3 is 0 Å². The summed E-state index contributed by atoms with van der Waals surface area (Å²) in [6.45, 7) is 2.39. The summed E-state index contributed by atoms with van der Waals surface area (Å²) < 4.78 is 35.8. The normalized spacial score (nSPS) is 27.2. The molecule has 1 saturated heterocycles. The smallest absolute Gasteiger partial charge is 0.152 e. The Balaban J connectivity index is 1.99. The molecular formula is C12H16FNO2S. The molecule has 0 spiro atoms. The average molecular weight is 257 g/mol. The van der Waals surface area contributed by atoms with Gasteiger partial charge in [-0.1, -0.05) is 12.1 Å². The summed E-state index contributed by atoms with van der Waals surface area (Å²) in [5.41, 5.74) is 0.445. The summed E-state index contributed by atoms with van der Waals surface area (Å²) in [7, 11) is -2.90. The Morgan fingerprint density at radius 1 is 1.47 bits per heavy atom. The van der Waals surface area contributed by atoms with E-state index in [0.717, 1.165) is 5.56 Å². The summed E-state index contributed by atoms with van der Waals surface area (Å²) in [5, 5.41) is 3.21. The van der Waals surface area contributed by atoms with Gasteiger partial charge in [0.2, 0.25) is 0 Å². The summed E-state index contributed by atoms with van der Waals surface area (Å²) in [6, 6.07) is 6.33. The summed E-state index contributed by atoms with van der Waals surface area (Å²) in [6.07, 6.45) is 0.616. The standard InChI is InChI=1S/C12H16FNO2S/c1-12(5-6-17(15,16)9-12)14-8-10-3-2-4-11(13)7-10/h2-4,7,14H,5-6,8-9H2,1H3/t12-/m0/s1. The van der Waals surface area contributed by atoms with Crippen LogP contribution >= 0.6 is 0 Å². The van der Waals surface area contributed by atoms with E-state index in [9.17, 15) is 12.8 Å². The third-order valence-corrected chi connectivity index (χ3v) is 5.01. The molecule has 0 aliphatic carbocycles. The lowest BCUT2D eigenvalue weighted by Crippen LogP contribution is -2.42. The maximum absolute atomic E-state index is 13.0. The van der Waals surface area contributed by atoms with Crippen molar-refractivity contribution in [3.05, 3.63) is 35.6 Å². The van der Waals surface area contributed by atoms with Crippen LogP contribution in [0.15, 0.2) is 24.3 Å². The molecule has 0 radical (unpaired) electrons. The summed E-state index contributed by atoms with van der Waals surface area (Å²) >= 11 is 0. The van der Waals surface area contributed by atoms with E-state index in [2.05, 4.69) is 5.32 Å². The van der Waals surface area contributed by atoms with Crippen LogP contribution in [-0.2, 0) is 16.4 Å². The molecule has 1 fully saturated rings. The van der Waals surface area contributed by atoms with Crippen molar-refractivity contribution in [2.45, 2.75) is 25.4 Å². The van der Waals surface area contributed by atoms with Crippen LogP contribution in [0.4, 0.5) is 4.39 Å². The summed E-state index contributed by atoms with van der Waals surface area (Å²) in [4.78, 5) is 0. The molecule has 94 valence electrons. The number of sulfone groups is 1. The van der Waals surface area contributed by atoms with Crippen LogP contribution in [0.2, 0.25) is 0 Å². The predicted octanol–water partition coefficient (Wildman–Crippen LogP) is 1.49. The molecule has 1 atom stereocenters. The molecular weight excluding hydrogens is 241 g/mol. The topological polar surface area (TPSA) is 46.2 Å². The number of hydrogen-bond acceptors (Lipinski definition) is 3. The van der Waals surface area contributed by atoms with E-state index in [4.69, 9.17) is 0 Å². The number of hydrogen-bond donors (Lipinski definition) is 1. The second kappa shape index (κ2) is 4.38. The Morgan fingerprint density at radius 2 is 2.24 bits per heavy atom. The highest BCUT2D eigenvalue weighted by Gasteiger charge is 2.37. The van der Waals surface area contributed by atoms with Crippen molar-refractivity contribution in [1.82, 2.24) is 5.32 Å². The van der Waals surface area contributed by atoms with E-state index in [-0.39, 0.29) is 22.9 Å². The fourth-order valence-corrected chi connectivity index (χ4v) is 4.24. The molecule has 0 bridgehead atoms. The zero-order valence-electron chi connectivity index (χ0n) is 9.74. The molecule has 1 aromatic rings. The van der Waals surface area contributed by atoms with Gasteiger partial charge in [0.25, 0.3) is 0 Å². The third-order valence-electron chi connectivity index (χ3n) is 3.11. The van der Waals surface area contributed by atoms with E-state index >= 15 is 0 Å². The Labute approximate surface area is 101 Å². The first-order valence-electron chi connectivity index (χ1n) is 5.59. The van der Waals surface area contributed by atoms with E-state index in [0.29, 0.717) is 13.0 Å². The molecule has 0 unspecified atom stereocenters. The van der Waals surface area contributed by atoms with Gasteiger partial charge in [-0.25, -0.2) is 12.8 Å². The van der Waals surface area contributed by atoms with E-state index in [1.54, 1.807) is 6.07 Å². The van der Waals surface area contributed by atoms with Crippen LogP contribution < -0.4 is 5.32 Å². The third kappa shape index (κ3) is 3.26. The van der Waals surface area contributed by atoms with E-state index in [1.807, 2.05) is 13.0 Å². The lowest BCUT2D eigenvalue weighted by atomic mass is 10.0. The molecule has 1 aromatic carbocycles. The molecule has 5 heteroatoms. The van der Waals surface area contributed by atoms with Crippen molar-refractivity contribution in [1.29, 1.82) is 0 Å². The Kier molecular flexibility index (Phi) is 3.23. The molecule has 3 nitrogen and oxygen atoms in total. The van der Waals surface area contributed by atoms with Crippen molar-refractivity contribution in [3.63, 3.8) is 0 Å². The highest BCUT2D eigenvalue weighted by molar-refractivity contribution is 7.91. The highest BCUT2D eigenvalue weighted by atomic mass is 32.2. The maximum Gasteiger partial charge on any atom is 0.152 e. The van der Waals surface area contributed by atoms with Crippen molar-refractivity contribution >= 4 is 9.84 Å². The largest absolute Gasteiger partial charge is 0.306 e. The quantitative estimate of drug-likeness (QED) is 0.892. The van der Waals surface area contributed by atoms with Gasteiger partial charge in [0.05, 0.1) is 11.5 Å². The van der Waals surface area contributed by atoms with Crippen LogP contribution in [0.25, 0.3) is 0 Å². The van der Waals surface area contributed by atoms with Crippen molar-refractivity contribution in [3.8, 4) is 0 Å². The van der Waals surface area contributed by atoms with Crippen molar-refractivity contribution < 1.29 is 12.8 Å². The lowest BCUT2D eigenvalue weighted by molar-refractivity contribution is 0.395. The minimum absolute atomic E-state index is 0.162. The molecule has 17 heavy (non-hydrogen) atoms. The van der Waals surface area contributed by atoms with Gasteiger partial charge in [0.1, 0.15) is 5.82 Å². The van der Waals surface area contributed by atoms with Gasteiger partial charge in [-0.15, -0.1) is 0 Å². The van der Waals surface area contributed by atoms with E-state index in [1.165, 1.54) is 12.1 Å². The molecule has 1 aliphatic rings. The SMILES string of the molecule is C[C@]1(NCc2cccc(F)c2)CCS(=O)(=O)C1. The molecule has 0 aromatic heterocycles. The van der Waals surface area contributed by atoms with Gasteiger partial charge in [-0.2, -0.15) is 0 Å². The molecule has 1 N–H and O–H groups in total. The molecule has 1 heterocycles. The Morgan fingerprint density at radius 3 is 2.82 bits per heavy atom. The van der Waals surface area contributed by atoms with Gasteiger partial charge in [0.15, 0.2) is 9.84 Å².